The van der Waals surface area contributed by atoms with Gasteiger partial charge < -0.3 is 14.2 Å². The van der Waals surface area contributed by atoms with Gasteiger partial charge in [0.25, 0.3) is 0 Å². The lowest BCUT2D eigenvalue weighted by Gasteiger charge is -2.17. The average Bonchev–Trinajstić information content (AvgIpc) is 2.82. The summed E-state index contributed by atoms with van der Waals surface area (Å²) < 4.78 is 14.4. The first-order valence-corrected chi connectivity index (χ1v) is 16.6. The van der Waals surface area contributed by atoms with Gasteiger partial charge in [-0.1, -0.05) is 20.8 Å². The molecule has 0 bridgehead atoms. The first-order valence-electron chi connectivity index (χ1n) is 10.9. The lowest BCUT2D eigenvalue weighted by molar-refractivity contribution is -0.144. The van der Waals surface area contributed by atoms with Crippen molar-refractivity contribution in [1.82, 2.24) is 0 Å². The van der Waals surface area contributed by atoms with Gasteiger partial charge in [-0.2, -0.15) is 58.8 Å². The van der Waals surface area contributed by atoms with Crippen LogP contribution < -0.4 is 0 Å². The van der Waals surface area contributed by atoms with Crippen LogP contribution in [-0.4, -0.2) is 96.3 Å². The Morgan fingerprint density at radius 1 is 0.545 bits per heavy atom. The quantitative estimate of drug-likeness (QED) is 0.120. The molecule has 0 rings (SSSR count). The van der Waals surface area contributed by atoms with E-state index in [9.17, 15) is 14.4 Å². The van der Waals surface area contributed by atoms with Crippen molar-refractivity contribution in [3.8, 4) is 0 Å². The lowest BCUT2D eigenvalue weighted by Crippen LogP contribution is -2.18. The molecule has 0 aromatic rings. The molecule has 0 aliphatic heterocycles. The van der Waals surface area contributed by atoms with E-state index in [-0.39, 0.29) is 35.7 Å². The van der Waals surface area contributed by atoms with E-state index in [0.29, 0.717) is 5.25 Å². The molecular weight excluding hydrogens is 521 g/mol. The first-order chi connectivity index (χ1) is 15.8. The third-order valence-electron chi connectivity index (χ3n) is 4.47. The third-order valence-corrected chi connectivity index (χ3v) is 11.6. The Morgan fingerprint density at radius 3 is 1.30 bits per heavy atom. The van der Waals surface area contributed by atoms with Crippen molar-refractivity contribution in [2.45, 2.75) is 26.0 Å². The summed E-state index contributed by atoms with van der Waals surface area (Å²) >= 11 is 9.29. The van der Waals surface area contributed by atoms with Gasteiger partial charge in [-0.05, 0) is 0 Å². The number of thioether (sulfide) groups is 5. The molecule has 0 aliphatic carbocycles. The second kappa shape index (κ2) is 21.4. The summed E-state index contributed by atoms with van der Waals surface area (Å²) in [6.45, 7) is 5.70. The smallest absolute Gasteiger partial charge is 0.309 e. The van der Waals surface area contributed by atoms with Crippen LogP contribution in [-0.2, 0) is 28.6 Å². The fourth-order valence-corrected chi connectivity index (χ4v) is 8.95. The first kappa shape index (κ1) is 33.2. The van der Waals surface area contributed by atoms with Crippen LogP contribution in [0, 0.1) is 17.8 Å². The summed E-state index contributed by atoms with van der Waals surface area (Å²) in [4.78, 5) is 34.6. The number of hydrogen-bond donors (Lipinski definition) is 0. The van der Waals surface area contributed by atoms with E-state index in [0.717, 1.165) is 51.8 Å². The number of carbonyl (C=O) groups excluding carboxylic acids is 3. The second-order valence-electron chi connectivity index (χ2n) is 7.53. The molecule has 194 valence electrons. The summed E-state index contributed by atoms with van der Waals surface area (Å²) in [5, 5.41) is 0.502. The van der Waals surface area contributed by atoms with Gasteiger partial charge in [-0.3, -0.25) is 14.4 Å². The Morgan fingerprint density at radius 2 is 0.879 bits per heavy atom. The standard InChI is InChI=1S/C22H40O6S5/c1-16(20(23)26-4)11-29-7-8-31-14-19(15-32-13-18(3)22(25)28-6)33-10-9-30-12-17(2)21(24)27-5/h16-19H,7-15H2,1-6H3. The van der Waals surface area contributed by atoms with Crippen molar-refractivity contribution in [2.24, 2.45) is 17.8 Å². The zero-order valence-electron chi connectivity index (χ0n) is 20.7. The van der Waals surface area contributed by atoms with Crippen LogP contribution in [0.5, 0.6) is 0 Å². The molecule has 0 radical (unpaired) electrons. The summed E-state index contributed by atoms with van der Waals surface area (Å²) in [6, 6.07) is 0. The Kier molecular flexibility index (Phi) is 21.5. The van der Waals surface area contributed by atoms with Crippen LogP contribution in [0.2, 0.25) is 0 Å². The molecule has 0 saturated heterocycles. The topological polar surface area (TPSA) is 78.9 Å². The van der Waals surface area contributed by atoms with E-state index in [2.05, 4.69) is 0 Å². The van der Waals surface area contributed by atoms with E-state index in [1.165, 1.54) is 21.3 Å². The Labute approximate surface area is 221 Å². The minimum absolute atomic E-state index is 0.0686. The molecule has 0 spiro atoms. The number of hydrogen-bond acceptors (Lipinski definition) is 11. The minimum Gasteiger partial charge on any atom is -0.469 e. The van der Waals surface area contributed by atoms with Crippen molar-refractivity contribution in [3.05, 3.63) is 0 Å². The Balaban J connectivity index is 4.27. The molecule has 0 N–H and O–H groups in total. The zero-order chi connectivity index (χ0) is 25.1. The van der Waals surface area contributed by atoms with Crippen molar-refractivity contribution < 1.29 is 28.6 Å². The van der Waals surface area contributed by atoms with E-state index < -0.39 is 0 Å². The minimum atomic E-state index is -0.157. The van der Waals surface area contributed by atoms with Gasteiger partial charge in [-0.15, -0.1) is 0 Å². The maximum atomic E-state index is 11.6. The molecule has 0 aromatic carbocycles. The molecule has 11 heteroatoms. The van der Waals surface area contributed by atoms with E-state index >= 15 is 0 Å². The summed E-state index contributed by atoms with van der Waals surface area (Å²) in [5.74, 6) is 7.76. The van der Waals surface area contributed by atoms with Crippen molar-refractivity contribution in [3.63, 3.8) is 0 Å². The van der Waals surface area contributed by atoms with Crippen molar-refractivity contribution >= 4 is 76.7 Å². The fraction of sp³-hybridized carbons (Fsp3) is 0.864. The SMILES string of the molecule is COC(=O)C(C)CSCCSCC(CSCC(C)C(=O)OC)SCCSCC(C)C(=O)OC. The normalized spacial score (nSPS) is 14.7. The number of carbonyl (C=O) groups is 3. The Bertz CT molecular complexity index is 551. The van der Waals surface area contributed by atoms with Crippen LogP contribution in [0.15, 0.2) is 0 Å². The number of ether oxygens (including phenoxy) is 3. The fourth-order valence-electron chi connectivity index (χ4n) is 2.45. The van der Waals surface area contributed by atoms with Crippen LogP contribution in [0.1, 0.15) is 20.8 Å². The average molecular weight is 561 g/mol. The number of esters is 3. The molecule has 0 aromatic heterocycles. The van der Waals surface area contributed by atoms with Gasteiger partial charge in [0.15, 0.2) is 0 Å². The van der Waals surface area contributed by atoms with Gasteiger partial charge in [0.1, 0.15) is 0 Å². The van der Waals surface area contributed by atoms with Gasteiger partial charge in [0.2, 0.25) is 0 Å². The molecule has 4 unspecified atom stereocenters. The van der Waals surface area contributed by atoms with Gasteiger partial charge in [0, 0.05) is 57.0 Å². The van der Waals surface area contributed by atoms with E-state index in [4.69, 9.17) is 14.2 Å². The number of methoxy groups -OCH3 is 3. The van der Waals surface area contributed by atoms with Crippen LogP contribution in [0.4, 0.5) is 0 Å². The molecule has 0 heterocycles. The Hall–Kier alpha value is 0.160. The molecule has 33 heavy (non-hydrogen) atoms. The highest BCUT2D eigenvalue weighted by Gasteiger charge is 2.17. The molecule has 0 amide bonds. The highest BCUT2D eigenvalue weighted by molar-refractivity contribution is 8.06. The molecule has 4 atom stereocenters. The van der Waals surface area contributed by atoms with E-state index in [1.807, 2.05) is 56.1 Å². The third kappa shape index (κ3) is 17.3. The van der Waals surface area contributed by atoms with Crippen LogP contribution in [0.3, 0.4) is 0 Å². The van der Waals surface area contributed by atoms with Crippen LogP contribution >= 0.6 is 58.8 Å². The summed E-state index contributed by atoms with van der Waals surface area (Å²) in [7, 11) is 4.29. The number of rotatable bonds is 20. The molecule has 0 aliphatic rings. The van der Waals surface area contributed by atoms with Crippen LogP contribution in [0.25, 0.3) is 0 Å². The zero-order valence-corrected chi connectivity index (χ0v) is 24.7. The highest BCUT2D eigenvalue weighted by Crippen LogP contribution is 2.24. The summed E-state index contributed by atoms with van der Waals surface area (Å²) in [6.07, 6.45) is 0. The van der Waals surface area contributed by atoms with Crippen molar-refractivity contribution in [1.29, 1.82) is 0 Å². The molecule has 0 saturated carbocycles. The second-order valence-corrected chi connectivity index (χ2v) is 13.5. The molecular formula is C22H40O6S5. The highest BCUT2D eigenvalue weighted by atomic mass is 32.2. The molecule has 0 fully saturated rings. The van der Waals surface area contributed by atoms with Gasteiger partial charge in [-0.25, -0.2) is 0 Å². The molecule has 6 nitrogen and oxygen atoms in total. The van der Waals surface area contributed by atoms with Gasteiger partial charge in [0.05, 0.1) is 39.1 Å². The monoisotopic (exact) mass is 560 g/mol. The van der Waals surface area contributed by atoms with Gasteiger partial charge >= 0.3 is 17.9 Å². The predicted molar refractivity (Wildman–Crippen MR) is 149 cm³/mol. The largest absolute Gasteiger partial charge is 0.469 e. The predicted octanol–water partition coefficient (Wildman–Crippen LogP) is 4.45. The summed E-state index contributed by atoms with van der Waals surface area (Å²) in [5.41, 5.74) is 0. The van der Waals surface area contributed by atoms with Crippen molar-refractivity contribution in [2.75, 3.05) is 73.1 Å². The van der Waals surface area contributed by atoms with E-state index in [1.54, 1.807) is 23.5 Å². The lowest BCUT2D eigenvalue weighted by atomic mass is 10.2. The maximum Gasteiger partial charge on any atom is 0.309 e. The maximum absolute atomic E-state index is 11.6.